The van der Waals surface area contributed by atoms with E-state index in [1.54, 1.807) is 12.1 Å². The van der Waals surface area contributed by atoms with Gasteiger partial charge in [0.15, 0.2) is 0 Å². The number of rotatable bonds is 0. The van der Waals surface area contributed by atoms with E-state index < -0.39 is 0 Å². The summed E-state index contributed by atoms with van der Waals surface area (Å²) in [6.45, 7) is 3.81. The highest BCUT2D eigenvalue weighted by Crippen LogP contribution is 2.24. The number of aromatic hydroxyl groups is 2. The average molecular weight is 316 g/mol. The van der Waals surface area contributed by atoms with Gasteiger partial charge in [0.25, 0.3) is 0 Å². The molecular weight excluding hydrogens is 296 g/mol. The van der Waals surface area contributed by atoms with Crippen molar-refractivity contribution in [3.63, 3.8) is 0 Å². The molecule has 24 heavy (non-hydrogen) atoms. The van der Waals surface area contributed by atoms with Crippen molar-refractivity contribution in [1.82, 2.24) is 0 Å². The predicted molar refractivity (Wildman–Crippen MR) is 101 cm³/mol. The van der Waals surface area contributed by atoms with Gasteiger partial charge in [0, 0.05) is 0 Å². The summed E-state index contributed by atoms with van der Waals surface area (Å²) in [5, 5.41) is 23.4. The van der Waals surface area contributed by atoms with E-state index in [1.807, 2.05) is 74.5 Å². The zero-order valence-corrected chi connectivity index (χ0v) is 13.8. The summed E-state index contributed by atoms with van der Waals surface area (Å²) in [6, 6.07) is 23.6. The minimum atomic E-state index is 0.369. The molecular formula is C22H20O2. The van der Waals surface area contributed by atoms with Crippen LogP contribution >= 0.6 is 0 Å². The summed E-state index contributed by atoms with van der Waals surface area (Å²) in [4.78, 5) is 0. The minimum Gasteiger partial charge on any atom is -0.508 e. The molecule has 4 aromatic carbocycles. The Balaban J connectivity index is 0.000000141. The quantitative estimate of drug-likeness (QED) is 0.436. The zero-order valence-electron chi connectivity index (χ0n) is 13.8. The van der Waals surface area contributed by atoms with Crippen LogP contribution in [0.3, 0.4) is 0 Å². The van der Waals surface area contributed by atoms with E-state index in [0.717, 1.165) is 21.9 Å². The first-order chi connectivity index (χ1) is 11.5. The second kappa shape index (κ2) is 6.63. The Morgan fingerprint density at radius 2 is 0.792 bits per heavy atom. The third-order valence-corrected chi connectivity index (χ3v) is 4.13. The molecule has 0 aromatic heterocycles. The third kappa shape index (κ3) is 3.33. The van der Waals surface area contributed by atoms with E-state index in [-0.39, 0.29) is 0 Å². The molecule has 0 heterocycles. The maximum absolute atomic E-state index is 9.42. The monoisotopic (exact) mass is 316 g/mol. The highest BCUT2D eigenvalue weighted by atomic mass is 16.3. The number of hydrogen-bond donors (Lipinski definition) is 2. The van der Waals surface area contributed by atoms with E-state index in [4.69, 9.17) is 0 Å². The number of hydrogen-bond acceptors (Lipinski definition) is 2. The predicted octanol–water partition coefficient (Wildman–Crippen LogP) is 5.71. The van der Waals surface area contributed by atoms with Crippen molar-refractivity contribution in [2.45, 2.75) is 13.8 Å². The van der Waals surface area contributed by atoms with E-state index >= 15 is 0 Å². The van der Waals surface area contributed by atoms with Gasteiger partial charge in [0.1, 0.15) is 11.5 Å². The molecule has 120 valence electrons. The van der Waals surface area contributed by atoms with Crippen LogP contribution in [0.2, 0.25) is 0 Å². The third-order valence-electron chi connectivity index (χ3n) is 4.13. The van der Waals surface area contributed by atoms with E-state index in [0.29, 0.717) is 11.5 Å². The Hall–Kier alpha value is -3.00. The lowest BCUT2D eigenvalue weighted by Gasteiger charge is -2.01. The molecule has 4 aromatic rings. The molecule has 0 aliphatic heterocycles. The normalized spacial score (nSPS) is 10.4. The van der Waals surface area contributed by atoms with E-state index in [2.05, 4.69) is 0 Å². The van der Waals surface area contributed by atoms with Crippen molar-refractivity contribution >= 4 is 21.5 Å². The molecule has 0 amide bonds. The van der Waals surface area contributed by atoms with Gasteiger partial charge in [-0.2, -0.15) is 0 Å². The standard InChI is InChI=1S/2C11H10O/c2*1-8-6-9-4-2-3-5-10(9)7-11(8)12/h2*2-7,12H,1H3. The number of aryl methyl sites for hydroxylation is 2. The van der Waals surface area contributed by atoms with Crippen LogP contribution < -0.4 is 0 Å². The fourth-order valence-electron chi connectivity index (χ4n) is 2.68. The van der Waals surface area contributed by atoms with Crippen molar-refractivity contribution in [3.8, 4) is 11.5 Å². The topological polar surface area (TPSA) is 40.5 Å². The van der Waals surface area contributed by atoms with Crippen molar-refractivity contribution in [2.24, 2.45) is 0 Å². The van der Waals surface area contributed by atoms with Gasteiger partial charge in [0.2, 0.25) is 0 Å². The molecule has 2 heteroatoms. The Morgan fingerprint density at radius 3 is 1.12 bits per heavy atom. The molecule has 4 rings (SSSR count). The van der Waals surface area contributed by atoms with Crippen molar-refractivity contribution < 1.29 is 10.2 Å². The van der Waals surface area contributed by atoms with Gasteiger partial charge >= 0.3 is 0 Å². The summed E-state index contributed by atoms with van der Waals surface area (Å²) >= 11 is 0. The van der Waals surface area contributed by atoms with Crippen LogP contribution in [0.25, 0.3) is 21.5 Å². The Morgan fingerprint density at radius 1 is 0.500 bits per heavy atom. The van der Waals surface area contributed by atoms with Crippen LogP contribution in [0.4, 0.5) is 0 Å². The number of phenolic OH excluding ortho intramolecular Hbond substituents is 2. The average Bonchev–Trinajstić information content (AvgIpc) is 2.57. The lowest BCUT2D eigenvalue weighted by molar-refractivity contribution is 0.471. The van der Waals surface area contributed by atoms with Crippen molar-refractivity contribution in [2.75, 3.05) is 0 Å². The highest BCUT2D eigenvalue weighted by molar-refractivity contribution is 5.85. The molecule has 0 saturated carbocycles. The van der Waals surface area contributed by atoms with E-state index in [9.17, 15) is 10.2 Å². The van der Waals surface area contributed by atoms with Gasteiger partial charge in [-0.1, -0.05) is 48.5 Å². The Kier molecular flexibility index (Phi) is 4.39. The second-order valence-electron chi connectivity index (χ2n) is 5.97. The molecule has 0 fully saturated rings. The molecule has 2 N–H and O–H groups in total. The van der Waals surface area contributed by atoms with Gasteiger partial charge in [-0.15, -0.1) is 0 Å². The van der Waals surface area contributed by atoms with Crippen molar-refractivity contribution in [3.05, 3.63) is 83.9 Å². The zero-order chi connectivity index (χ0) is 17.1. The van der Waals surface area contributed by atoms with Gasteiger partial charge in [-0.25, -0.2) is 0 Å². The minimum absolute atomic E-state index is 0.369. The van der Waals surface area contributed by atoms with Crippen LogP contribution in [0.5, 0.6) is 11.5 Å². The lowest BCUT2D eigenvalue weighted by atomic mass is 10.1. The van der Waals surface area contributed by atoms with Crippen LogP contribution in [-0.2, 0) is 0 Å². The van der Waals surface area contributed by atoms with Crippen LogP contribution in [0, 0.1) is 13.8 Å². The number of phenols is 2. The van der Waals surface area contributed by atoms with Crippen LogP contribution in [-0.4, -0.2) is 10.2 Å². The molecule has 0 radical (unpaired) electrons. The van der Waals surface area contributed by atoms with Crippen LogP contribution in [0.15, 0.2) is 72.8 Å². The molecule has 0 saturated heterocycles. The summed E-state index contributed by atoms with van der Waals surface area (Å²) in [5.41, 5.74) is 1.85. The summed E-state index contributed by atoms with van der Waals surface area (Å²) in [7, 11) is 0. The fraction of sp³-hybridized carbons (Fsp3) is 0.0909. The fourth-order valence-corrected chi connectivity index (χ4v) is 2.68. The first kappa shape index (κ1) is 15.9. The summed E-state index contributed by atoms with van der Waals surface area (Å²) in [5.74, 6) is 0.738. The lowest BCUT2D eigenvalue weighted by Crippen LogP contribution is -1.76. The molecule has 0 atom stereocenters. The van der Waals surface area contributed by atoms with E-state index in [1.165, 1.54) is 10.8 Å². The second-order valence-corrected chi connectivity index (χ2v) is 5.97. The molecule has 0 spiro atoms. The number of fused-ring (bicyclic) bond motifs is 2. The first-order valence-corrected chi connectivity index (χ1v) is 7.91. The molecule has 2 nitrogen and oxygen atoms in total. The van der Waals surface area contributed by atoms with Crippen LogP contribution in [0.1, 0.15) is 11.1 Å². The maximum atomic E-state index is 9.42. The molecule has 0 bridgehead atoms. The summed E-state index contributed by atoms with van der Waals surface area (Å²) in [6.07, 6.45) is 0. The maximum Gasteiger partial charge on any atom is 0.119 e. The molecule has 0 aliphatic rings. The number of benzene rings is 4. The smallest absolute Gasteiger partial charge is 0.119 e. The van der Waals surface area contributed by atoms with Gasteiger partial charge in [0.05, 0.1) is 0 Å². The van der Waals surface area contributed by atoms with Crippen molar-refractivity contribution in [1.29, 1.82) is 0 Å². The SMILES string of the molecule is Cc1cc2ccccc2cc1O.Cc1cc2ccccc2cc1O. The Bertz CT molecular complexity index is 839. The first-order valence-electron chi connectivity index (χ1n) is 7.91. The highest BCUT2D eigenvalue weighted by Gasteiger charge is 1.98. The largest absolute Gasteiger partial charge is 0.508 e. The summed E-state index contributed by atoms with van der Waals surface area (Å²) < 4.78 is 0. The van der Waals surface area contributed by atoms with Gasteiger partial charge in [-0.05, 0) is 70.8 Å². The Labute approximate surface area is 141 Å². The van der Waals surface area contributed by atoms with Gasteiger partial charge in [-0.3, -0.25) is 0 Å². The van der Waals surface area contributed by atoms with Gasteiger partial charge < -0.3 is 10.2 Å². The molecule has 0 unspecified atom stereocenters. The molecule has 0 aliphatic carbocycles.